The Morgan fingerprint density at radius 3 is 2.62 bits per heavy atom. The third-order valence-electron chi connectivity index (χ3n) is 6.08. The van der Waals surface area contributed by atoms with Crippen LogP contribution in [0.5, 0.6) is 23.1 Å². The van der Waals surface area contributed by atoms with Gasteiger partial charge in [0.15, 0.2) is 11.5 Å². The van der Waals surface area contributed by atoms with Crippen LogP contribution in [0.2, 0.25) is 0 Å². The second kappa shape index (κ2) is 7.45. The Bertz CT molecular complexity index is 1330. The number of methoxy groups -OCH3 is 1. The number of aromatic nitrogens is 2. The number of H-pyrrole nitrogens is 1. The third kappa shape index (κ3) is 2.96. The van der Waals surface area contributed by atoms with Crippen LogP contribution in [0.3, 0.4) is 0 Å². The summed E-state index contributed by atoms with van der Waals surface area (Å²) in [6.07, 6.45) is 0.700. The van der Waals surface area contributed by atoms with Gasteiger partial charge < -0.3 is 19.3 Å². The van der Waals surface area contributed by atoms with Crippen molar-refractivity contribution in [1.29, 1.82) is 0 Å². The van der Waals surface area contributed by atoms with E-state index in [1.807, 2.05) is 37.1 Å². The van der Waals surface area contributed by atoms with Crippen molar-refractivity contribution in [2.75, 3.05) is 27.5 Å². The Morgan fingerprint density at radius 1 is 1.16 bits per heavy atom. The van der Waals surface area contributed by atoms with Crippen molar-refractivity contribution >= 4 is 0 Å². The molecule has 0 saturated heterocycles. The minimum Gasteiger partial charge on any atom is -0.494 e. The van der Waals surface area contributed by atoms with E-state index in [1.165, 1.54) is 7.11 Å². The summed E-state index contributed by atoms with van der Waals surface area (Å²) in [7, 11) is 3.39. The van der Waals surface area contributed by atoms with Crippen molar-refractivity contribution < 1.29 is 19.3 Å². The first-order valence-electron chi connectivity index (χ1n) is 10.3. The fourth-order valence-electron chi connectivity index (χ4n) is 4.52. The highest BCUT2D eigenvalue weighted by atomic mass is 16.7. The fourth-order valence-corrected chi connectivity index (χ4v) is 4.52. The predicted molar refractivity (Wildman–Crippen MR) is 116 cm³/mol. The van der Waals surface area contributed by atoms with E-state index >= 15 is 0 Å². The summed E-state index contributed by atoms with van der Waals surface area (Å²) >= 11 is 0. The third-order valence-corrected chi connectivity index (χ3v) is 6.08. The van der Waals surface area contributed by atoms with E-state index in [1.54, 1.807) is 12.1 Å². The maximum Gasteiger partial charge on any atom is 0.335 e. The van der Waals surface area contributed by atoms with Crippen LogP contribution in [0.25, 0.3) is 5.69 Å². The SMILES string of the molecule is COc1c2c(cc3c1[C@H](c1c(O)n(-c4ccc(C)cc4)c(=O)[nH]c1=O)N(C)CC3)OCO2. The molecule has 0 spiro atoms. The summed E-state index contributed by atoms with van der Waals surface area (Å²) in [5, 5.41) is 11.2. The largest absolute Gasteiger partial charge is 0.494 e. The lowest BCUT2D eigenvalue weighted by Gasteiger charge is -2.35. The number of aromatic amines is 1. The molecule has 0 unspecified atom stereocenters. The molecule has 0 bridgehead atoms. The van der Waals surface area contributed by atoms with Gasteiger partial charge in [0.1, 0.15) is 0 Å². The molecule has 2 aromatic carbocycles. The quantitative estimate of drug-likeness (QED) is 0.644. The molecule has 0 saturated carbocycles. The number of nitrogens with one attached hydrogen (secondary N) is 1. The number of nitrogens with zero attached hydrogens (tertiary/aromatic N) is 2. The van der Waals surface area contributed by atoms with Crippen molar-refractivity contribution in [3.05, 3.63) is 73.4 Å². The zero-order chi connectivity index (χ0) is 22.6. The van der Waals surface area contributed by atoms with Crippen LogP contribution in [-0.2, 0) is 6.42 Å². The molecule has 0 radical (unpaired) electrons. The standard InChI is InChI=1S/C23H23N3O6/c1-12-4-6-14(7-5-12)26-22(28)17(21(27)24-23(26)29)18-16-13(8-9-25(18)2)10-15-19(20(16)30-3)32-11-31-15/h4-7,10,18,28H,8-9,11H2,1-3H3,(H,24,27,29)/t18-/m1/s1. The van der Waals surface area contributed by atoms with Crippen LogP contribution in [0.4, 0.5) is 0 Å². The van der Waals surface area contributed by atoms with E-state index in [0.29, 0.717) is 41.5 Å². The second-order valence-corrected chi connectivity index (χ2v) is 8.02. The zero-order valence-corrected chi connectivity index (χ0v) is 18.0. The van der Waals surface area contributed by atoms with Crippen LogP contribution < -0.4 is 25.5 Å². The summed E-state index contributed by atoms with van der Waals surface area (Å²) in [6, 6.07) is 8.33. The number of benzene rings is 2. The molecule has 2 aliphatic rings. The number of ether oxygens (including phenoxy) is 3. The predicted octanol–water partition coefficient (Wildman–Crippen LogP) is 1.85. The molecule has 166 valence electrons. The Hall–Kier alpha value is -3.72. The van der Waals surface area contributed by atoms with Gasteiger partial charge in [-0.1, -0.05) is 17.7 Å². The van der Waals surface area contributed by atoms with Crippen molar-refractivity contribution in [1.82, 2.24) is 14.5 Å². The van der Waals surface area contributed by atoms with Crippen molar-refractivity contribution in [2.45, 2.75) is 19.4 Å². The summed E-state index contributed by atoms with van der Waals surface area (Å²) in [4.78, 5) is 30.0. The molecule has 9 heteroatoms. The van der Waals surface area contributed by atoms with Gasteiger partial charge in [0.2, 0.25) is 18.4 Å². The first-order chi connectivity index (χ1) is 15.4. The van der Waals surface area contributed by atoms with Crippen LogP contribution in [0.1, 0.15) is 28.3 Å². The van der Waals surface area contributed by atoms with E-state index in [4.69, 9.17) is 14.2 Å². The van der Waals surface area contributed by atoms with Gasteiger partial charge in [-0.2, -0.15) is 0 Å². The van der Waals surface area contributed by atoms with E-state index in [0.717, 1.165) is 15.7 Å². The average Bonchev–Trinajstić information content (AvgIpc) is 3.23. The van der Waals surface area contributed by atoms with Crippen LogP contribution in [0, 0.1) is 6.92 Å². The molecule has 9 nitrogen and oxygen atoms in total. The Labute approximate surface area is 183 Å². The lowest BCUT2D eigenvalue weighted by atomic mass is 9.87. The lowest BCUT2D eigenvalue weighted by Crippen LogP contribution is -2.39. The molecule has 0 amide bonds. The van der Waals surface area contributed by atoms with E-state index in [9.17, 15) is 14.7 Å². The van der Waals surface area contributed by atoms with Gasteiger partial charge >= 0.3 is 5.69 Å². The smallest absolute Gasteiger partial charge is 0.335 e. The van der Waals surface area contributed by atoms with Gasteiger partial charge in [-0.05, 0) is 44.2 Å². The highest BCUT2D eigenvalue weighted by Gasteiger charge is 2.38. The van der Waals surface area contributed by atoms with Crippen molar-refractivity contribution in [3.8, 4) is 28.8 Å². The topological polar surface area (TPSA) is 106 Å². The molecular weight excluding hydrogens is 414 g/mol. The summed E-state index contributed by atoms with van der Waals surface area (Å²) in [6.45, 7) is 2.64. The lowest BCUT2D eigenvalue weighted by molar-refractivity contribution is 0.170. The molecule has 3 aromatic rings. The molecule has 32 heavy (non-hydrogen) atoms. The average molecular weight is 437 g/mol. The number of fused-ring (bicyclic) bond motifs is 2. The molecule has 2 N–H and O–H groups in total. The highest BCUT2D eigenvalue weighted by Crippen LogP contribution is 2.51. The zero-order valence-electron chi connectivity index (χ0n) is 18.0. The van der Waals surface area contributed by atoms with Gasteiger partial charge in [0, 0.05) is 12.1 Å². The Balaban J connectivity index is 1.78. The summed E-state index contributed by atoms with van der Waals surface area (Å²) < 4.78 is 18.0. The molecule has 1 aromatic heterocycles. The first kappa shape index (κ1) is 20.2. The maximum absolute atomic E-state index is 13.0. The molecule has 0 fully saturated rings. The van der Waals surface area contributed by atoms with Crippen molar-refractivity contribution in [2.24, 2.45) is 0 Å². The Kier molecular flexibility index (Phi) is 4.70. The first-order valence-corrected chi connectivity index (χ1v) is 10.3. The maximum atomic E-state index is 13.0. The van der Waals surface area contributed by atoms with Gasteiger partial charge in [0.25, 0.3) is 5.56 Å². The minimum atomic E-state index is -0.712. The number of aromatic hydroxyl groups is 1. The minimum absolute atomic E-state index is 0.0609. The molecular formula is C23H23N3O6. The van der Waals surface area contributed by atoms with Gasteiger partial charge in [-0.3, -0.25) is 14.7 Å². The summed E-state index contributed by atoms with van der Waals surface area (Å²) in [5.74, 6) is 1.10. The fraction of sp³-hybridized carbons (Fsp3) is 0.304. The molecule has 0 aliphatic carbocycles. The van der Waals surface area contributed by atoms with Crippen LogP contribution in [0.15, 0.2) is 39.9 Å². The van der Waals surface area contributed by atoms with Crippen LogP contribution in [-0.4, -0.2) is 47.1 Å². The number of likely N-dealkylation sites (N-methyl/N-ethyl adjacent to an activating group) is 1. The number of hydrogen-bond donors (Lipinski definition) is 2. The number of aryl methyl sites for hydroxylation is 1. The molecule has 1 atom stereocenters. The number of hydrogen-bond acceptors (Lipinski definition) is 7. The molecule has 5 rings (SSSR count). The van der Waals surface area contributed by atoms with E-state index in [-0.39, 0.29) is 12.4 Å². The second-order valence-electron chi connectivity index (χ2n) is 8.02. The Morgan fingerprint density at radius 2 is 1.91 bits per heavy atom. The highest BCUT2D eigenvalue weighted by molar-refractivity contribution is 5.63. The summed E-state index contributed by atoms with van der Waals surface area (Å²) in [5.41, 5.74) is 1.80. The molecule has 2 aliphatic heterocycles. The van der Waals surface area contributed by atoms with Gasteiger partial charge in [-0.25, -0.2) is 9.36 Å². The van der Waals surface area contributed by atoms with E-state index in [2.05, 4.69) is 4.98 Å². The van der Waals surface area contributed by atoms with Gasteiger partial charge in [0.05, 0.1) is 24.4 Å². The number of rotatable bonds is 3. The van der Waals surface area contributed by atoms with Crippen molar-refractivity contribution in [3.63, 3.8) is 0 Å². The molecule has 3 heterocycles. The van der Waals surface area contributed by atoms with E-state index < -0.39 is 23.2 Å². The van der Waals surface area contributed by atoms with Gasteiger partial charge in [-0.15, -0.1) is 0 Å². The van der Waals surface area contributed by atoms with Crippen LogP contribution >= 0.6 is 0 Å². The normalized spacial score (nSPS) is 17.3. The monoisotopic (exact) mass is 437 g/mol.